The number of nitrogens with zero attached hydrogens (tertiary/aromatic N) is 2. The lowest BCUT2D eigenvalue weighted by molar-refractivity contribution is -0.135. The van der Waals surface area contributed by atoms with Gasteiger partial charge in [-0.15, -0.1) is 11.3 Å². The van der Waals surface area contributed by atoms with Crippen LogP contribution in [0.1, 0.15) is 34.5 Å². The summed E-state index contributed by atoms with van der Waals surface area (Å²) in [6.45, 7) is 5.00. The maximum atomic E-state index is 13.4. The molecule has 1 atom stereocenters. The van der Waals surface area contributed by atoms with Crippen LogP contribution in [0.3, 0.4) is 0 Å². The van der Waals surface area contributed by atoms with Crippen LogP contribution in [0.2, 0.25) is 0 Å². The molecule has 1 amide bonds. The van der Waals surface area contributed by atoms with Crippen LogP contribution in [0.25, 0.3) is 0 Å². The van der Waals surface area contributed by atoms with E-state index in [0.29, 0.717) is 13.1 Å². The Labute approximate surface area is 145 Å². The van der Waals surface area contributed by atoms with Gasteiger partial charge in [-0.1, -0.05) is 6.07 Å². The first-order valence-electron chi connectivity index (χ1n) is 8.47. The molecule has 0 spiro atoms. The molecule has 0 bridgehead atoms. The van der Waals surface area contributed by atoms with Gasteiger partial charge in [0.05, 0.1) is 12.6 Å². The van der Waals surface area contributed by atoms with Crippen LogP contribution in [-0.4, -0.2) is 35.3 Å². The lowest BCUT2D eigenvalue weighted by Gasteiger charge is -2.37. The van der Waals surface area contributed by atoms with Crippen molar-refractivity contribution in [2.45, 2.75) is 32.4 Å². The van der Waals surface area contributed by atoms with Gasteiger partial charge in [-0.05, 0) is 60.0 Å². The van der Waals surface area contributed by atoms with Crippen molar-refractivity contribution in [3.8, 4) is 0 Å². The summed E-state index contributed by atoms with van der Waals surface area (Å²) in [5.74, 6) is -0.0169. The Kier molecular flexibility index (Phi) is 4.14. The van der Waals surface area contributed by atoms with E-state index in [4.69, 9.17) is 0 Å². The average molecular weight is 344 g/mol. The Morgan fingerprint density at radius 2 is 2.12 bits per heavy atom. The topological polar surface area (TPSA) is 23.6 Å². The fourth-order valence-electron chi connectivity index (χ4n) is 3.87. The number of benzene rings is 1. The molecule has 5 heteroatoms. The van der Waals surface area contributed by atoms with Crippen LogP contribution in [-0.2, 0) is 24.2 Å². The Bertz CT molecular complexity index is 772. The summed E-state index contributed by atoms with van der Waals surface area (Å²) < 4.78 is 13.4. The molecular weight excluding hydrogens is 323 g/mol. The minimum absolute atomic E-state index is 0.0170. The second-order valence-electron chi connectivity index (χ2n) is 6.69. The standard InChI is InChI=1S/C19H21FN2OS/c1-13-17-3-2-16(20)10-14(17)4-8-22(13)19(23)12-21-7-5-18-15(11-21)6-9-24-18/h2-3,6,9-10,13H,4-5,7-8,11-12H2,1H3/t13-/m1/s1. The average Bonchev–Trinajstić information content (AvgIpc) is 3.02. The summed E-state index contributed by atoms with van der Waals surface area (Å²) in [5, 5.41) is 2.14. The Morgan fingerprint density at radius 1 is 1.25 bits per heavy atom. The number of rotatable bonds is 2. The molecule has 0 fully saturated rings. The molecule has 2 aromatic rings. The predicted molar refractivity (Wildman–Crippen MR) is 93.5 cm³/mol. The normalized spacial score (nSPS) is 20.6. The lowest BCUT2D eigenvalue weighted by Crippen LogP contribution is -2.45. The van der Waals surface area contributed by atoms with E-state index in [2.05, 4.69) is 16.3 Å². The summed E-state index contributed by atoms with van der Waals surface area (Å²) in [6.07, 6.45) is 1.77. The minimum Gasteiger partial charge on any atom is -0.334 e. The minimum atomic E-state index is -0.194. The number of carbonyl (C=O) groups is 1. The quantitative estimate of drug-likeness (QED) is 0.834. The zero-order valence-corrected chi connectivity index (χ0v) is 14.6. The van der Waals surface area contributed by atoms with Crippen molar-refractivity contribution >= 4 is 17.2 Å². The number of thiophene rings is 1. The molecule has 4 rings (SSSR count). The first-order chi connectivity index (χ1) is 11.6. The van der Waals surface area contributed by atoms with Crippen LogP contribution in [0, 0.1) is 5.82 Å². The third-order valence-electron chi connectivity index (χ3n) is 5.21. The van der Waals surface area contributed by atoms with E-state index < -0.39 is 0 Å². The van der Waals surface area contributed by atoms with E-state index in [1.165, 1.54) is 16.5 Å². The van der Waals surface area contributed by atoms with Gasteiger partial charge in [0.15, 0.2) is 0 Å². The van der Waals surface area contributed by atoms with Crippen molar-refractivity contribution in [3.05, 3.63) is 57.0 Å². The molecule has 126 valence electrons. The van der Waals surface area contributed by atoms with Crippen molar-refractivity contribution in [1.29, 1.82) is 0 Å². The molecule has 2 aliphatic rings. The second-order valence-corrected chi connectivity index (χ2v) is 7.69. The molecule has 3 heterocycles. The van der Waals surface area contributed by atoms with Gasteiger partial charge < -0.3 is 4.90 Å². The van der Waals surface area contributed by atoms with Gasteiger partial charge in [-0.25, -0.2) is 4.39 Å². The Morgan fingerprint density at radius 3 is 3.00 bits per heavy atom. The van der Waals surface area contributed by atoms with Crippen molar-refractivity contribution in [3.63, 3.8) is 0 Å². The monoisotopic (exact) mass is 344 g/mol. The highest BCUT2D eigenvalue weighted by Crippen LogP contribution is 2.30. The molecule has 1 aromatic carbocycles. The largest absolute Gasteiger partial charge is 0.334 e. The molecule has 0 saturated carbocycles. The van der Waals surface area contributed by atoms with Gasteiger partial charge in [0.2, 0.25) is 5.91 Å². The third-order valence-corrected chi connectivity index (χ3v) is 6.23. The van der Waals surface area contributed by atoms with Gasteiger partial charge in [-0.2, -0.15) is 0 Å². The number of fused-ring (bicyclic) bond motifs is 2. The number of hydrogen-bond acceptors (Lipinski definition) is 3. The fraction of sp³-hybridized carbons (Fsp3) is 0.421. The van der Waals surface area contributed by atoms with E-state index in [0.717, 1.165) is 37.1 Å². The highest BCUT2D eigenvalue weighted by atomic mass is 32.1. The number of hydrogen-bond donors (Lipinski definition) is 0. The van der Waals surface area contributed by atoms with Crippen LogP contribution in [0.4, 0.5) is 4.39 Å². The molecule has 0 N–H and O–H groups in total. The van der Waals surface area contributed by atoms with E-state index in [-0.39, 0.29) is 17.8 Å². The van der Waals surface area contributed by atoms with E-state index in [9.17, 15) is 9.18 Å². The van der Waals surface area contributed by atoms with Gasteiger partial charge in [0.1, 0.15) is 5.82 Å². The molecular formula is C19H21FN2OS. The van der Waals surface area contributed by atoms with Crippen molar-refractivity contribution in [1.82, 2.24) is 9.80 Å². The highest BCUT2D eigenvalue weighted by molar-refractivity contribution is 7.10. The first kappa shape index (κ1) is 15.8. The summed E-state index contributed by atoms with van der Waals surface area (Å²) >= 11 is 1.82. The first-order valence-corrected chi connectivity index (χ1v) is 9.35. The van der Waals surface area contributed by atoms with E-state index >= 15 is 0 Å². The fourth-order valence-corrected chi connectivity index (χ4v) is 4.76. The number of amides is 1. The Hall–Kier alpha value is -1.72. The lowest BCUT2D eigenvalue weighted by atomic mass is 9.93. The third kappa shape index (κ3) is 2.87. The smallest absolute Gasteiger partial charge is 0.237 e. The maximum Gasteiger partial charge on any atom is 0.237 e. The molecule has 0 radical (unpaired) electrons. The zero-order valence-electron chi connectivity index (χ0n) is 13.8. The Balaban J connectivity index is 1.45. The van der Waals surface area contributed by atoms with Crippen LogP contribution < -0.4 is 0 Å². The summed E-state index contributed by atoms with van der Waals surface area (Å²) in [5.41, 5.74) is 3.48. The molecule has 2 aliphatic heterocycles. The van der Waals surface area contributed by atoms with Gasteiger partial charge in [0, 0.05) is 24.5 Å². The maximum absolute atomic E-state index is 13.4. The van der Waals surface area contributed by atoms with Crippen molar-refractivity contribution in [2.24, 2.45) is 0 Å². The summed E-state index contributed by atoms with van der Waals surface area (Å²) in [6, 6.07) is 7.11. The summed E-state index contributed by atoms with van der Waals surface area (Å²) in [4.78, 5) is 18.5. The van der Waals surface area contributed by atoms with Gasteiger partial charge >= 0.3 is 0 Å². The summed E-state index contributed by atoms with van der Waals surface area (Å²) in [7, 11) is 0. The molecule has 0 saturated heterocycles. The molecule has 0 aliphatic carbocycles. The van der Waals surface area contributed by atoms with Crippen LogP contribution in [0.5, 0.6) is 0 Å². The molecule has 3 nitrogen and oxygen atoms in total. The van der Waals surface area contributed by atoms with Crippen LogP contribution in [0.15, 0.2) is 29.6 Å². The zero-order chi connectivity index (χ0) is 16.7. The number of halogens is 1. The van der Waals surface area contributed by atoms with Crippen LogP contribution >= 0.6 is 11.3 Å². The predicted octanol–water partition coefficient (Wildman–Crippen LogP) is 3.39. The SMILES string of the molecule is C[C@@H]1c2ccc(F)cc2CCN1C(=O)CN1CCc2sccc2C1. The van der Waals surface area contributed by atoms with Crippen molar-refractivity contribution < 1.29 is 9.18 Å². The van der Waals surface area contributed by atoms with E-state index in [1.807, 2.05) is 29.2 Å². The molecule has 24 heavy (non-hydrogen) atoms. The van der Waals surface area contributed by atoms with Crippen molar-refractivity contribution in [2.75, 3.05) is 19.6 Å². The second kappa shape index (κ2) is 6.30. The molecule has 1 aromatic heterocycles. The van der Waals surface area contributed by atoms with E-state index in [1.54, 1.807) is 6.07 Å². The number of carbonyl (C=O) groups excluding carboxylic acids is 1. The van der Waals surface area contributed by atoms with Gasteiger partial charge in [-0.3, -0.25) is 9.69 Å². The molecule has 0 unspecified atom stereocenters. The highest BCUT2D eigenvalue weighted by Gasteiger charge is 2.29. The van der Waals surface area contributed by atoms with Gasteiger partial charge in [0.25, 0.3) is 0 Å².